The van der Waals surface area contributed by atoms with E-state index >= 15 is 0 Å². The topological polar surface area (TPSA) is 0 Å². The van der Waals surface area contributed by atoms with E-state index in [-0.39, 0.29) is 0 Å². The van der Waals surface area contributed by atoms with E-state index in [1.165, 1.54) is 54.4 Å². The SMILES string of the molecule is Cc1ccc(P)cc1.Cc1ccc(P)cc1.c1ccc2c(-c3cccc4ccccc34)cccc2c1. The van der Waals surface area contributed by atoms with Crippen molar-refractivity contribution in [2.75, 3.05) is 0 Å². The number of hydrogen-bond donors (Lipinski definition) is 0. The first-order valence-electron chi connectivity index (χ1n) is 12.1. The fourth-order valence-electron chi connectivity index (χ4n) is 4.05. The van der Waals surface area contributed by atoms with Crippen LogP contribution in [0.5, 0.6) is 0 Å². The van der Waals surface area contributed by atoms with Crippen molar-refractivity contribution in [2.24, 2.45) is 0 Å². The second kappa shape index (κ2) is 12.6. The van der Waals surface area contributed by atoms with E-state index in [0.717, 1.165) is 0 Å². The maximum Gasteiger partial charge on any atom is -0.00992 e. The molecule has 178 valence electrons. The Kier molecular flexibility index (Phi) is 9.02. The zero-order valence-electron chi connectivity index (χ0n) is 20.9. The van der Waals surface area contributed by atoms with Gasteiger partial charge in [-0.25, -0.2) is 0 Å². The van der Waals surface area contributed by atoms with Gasteiger partial charge in [-0.05, 0) is 57.1 Å². The van der Waals surface area contributed by atoms with Gasteiger partial charge in [-0.2, -0.15) is 0 Å². The van der Waals surface area contributed by atoms with Gasteiger partial charge in [-0.3, -0.25) is 0 Å². The molecular formula is C34H32P2. The first kappa shape index (κ1) is 25.8. The third-order valence-corrected chi connectivity index (χ3v) is 6.79. The van der Waals surface area contributed by atoms with Crippen LogP contribution in [-0.2, 0) is 0 Å². The van der Waals surface area contributed by atoms with Crippen molar-refractivity contribution in [2.45, 2.75) is 13.8 Å². The van der Waals surface area contributed by atoms with Crippen molar-refractivity contribution in [3.63, 3.8) is 0 Å². The molecule has 6 aromatic carbocycles. The zero-order valence-corrected chi connectivity index (χ0v) is 23.2. The molecule has 0 N–H and O–H groups in total. The molecule has 2 heteroatoms. The molecule has 0 nitrogen and oxygen atoms in total. The lowest BCUT2D eigenvalue weighted by Crippen LogP contribution is -1.85. The van der Waals surface area contributed by atoms with Gasteiger partial charge in [0.25, 0.3) is 0 Å². The average Bonchev–Trinajstić information content (AvgIpc) is 2.92. The summed E-state index contributed by atoms with van der Waals surface area (Å²) in [4.78, 5) is 0. The smallest absolute Gasteiger partial charge is 0.00992 e. The van der Waals surface area contributed by atoms with Gasteiger partial charge < -0.3 is 0 Å². The lowest BCUT2D eigenvalue weighted by atomic mass is 9.94. The Morgan fingerprint density at radius 1 is 0.361 bits per heavy atom. The number of fused-ring (bicyclic) bond motifs is 2. The first-order valence-corrected chi connectivity index (χ1v) is 13.3. The van der Waals surface area contributed by atoms with Gasteiger partial charge in [0.05, 0.1) is 0 Å². The number of hydrogen-bond acceptors (Lipinski definition) is 0. The fraction of sp³-hybridized carbons (Fsp3) is 0.0588. The predicted molar refractivity (Wildman–Crippen MR) is 168 cm³/mol. The van der Waals surface area contributed by atoms with E-state index in [1.807, 2.05) is 0 Å². The summed E-state index contributed by atoms with van der Waals surface area (Å²) < 4.78 is 0. The van der Waals surface area contributed by atoms with Gasteiger partial charge in [0, 0.05) is 0 Å². The Labute approximate surface area is 219 Å². The molecule has 0 fully saturated rings. The van der Waals surface area contributed by atoms with Crippen molar-refractivity contribution >= 4 is 50.6 Å². The molecule has 2 unspecified atom stereocenters. The molecule has 0 amide bonds. The highest BCUT2D eigenvalue weighted by atomic mass is 31.0. The third kappa shape index (κ3) is 6.89. The molecule has 0 spiro atoms. The van der Waals surface area contributed by atoms with Crippen LogP contribution in [0.4, 0.5) is 0 Å². The van der Waals surface area contributed by atoms with Crippen LogP contribution in [0.3, 0.4) is 0 Å². The Bertz CT molecular complexity index is 1380. The molecule has 0 aliphatic rings. The van der Waals surface area contributed by atoms with Crippen molar-refractivity contribution in [1.82, 2.24) is 0 Å². The highest BCUT2D eigenvalue weighted by Crippen LogP contribution is 2.33. The molecule has 36 heavy (non-hydrogen) atoms. The minimum absolute atomic E-state index is 1.25. The molecule has 6 aromatic rings. The summed E-state index contributed by atoms with van der Waals surface area (Å²) in [5.41, 5.74) is 5.24. The van der Waals surface area contributed by atoms with E-state index in [0.29, 0.717) is 0 Å². The Morgan fingerprint density at radius 3 is 1.06 bits per heavy atom. The second-order valence-corrected chi connectivity index (χ2v) is 10.2. The minimum Gasteiger partial charge on any atom is -0.106 e. The largest absolute Gasteiger partial charge is 0.106 e. The summed E-state index contributed by atoms with van der Waals surface area (Å²) in [7, 11) is 5.30. The molecule has 0 bridgehead atoms. The van der Waals surface area contributed by atoms with Gasteiger partial charge in [-0.15, -0.1) is 18.5 Å². The lowest BCUT2D eigenvalue weighted by molar-refractivity contribution is 1.49. The van der Waals surface area contributed by atoms with E-state index in [9.17, 15) is 0 Å². The van der Waals surface area contributed by atoms with Crippen LogP contribution in [0.15, 0.2) is 133 Å². The maximum atomic E-state index is 2.65. The summed E-state index contributed by atoms with van der Waals surface area (Å²) in [5.74, 6) is 0. The van der Waals surface area contributed by atoms with Gasteiger partial charge in [0.2, 0.25) is 0 Å². The summed E-state index contributed by atoms with van der Waals surface area (Å²) in [5, 5.41) is 7.69. The van der Waals surface area contributed by atoms with E-state index in [4.69, 9.17) is 0 Å². The number of aryl methyl sites for hydroxylation is 2. The Morgan fingerprint density at radius 2 is 0.694 bits per heavy atom. The van der Waals surface area contributed by atoms with Gasteiger partial charge in [0.15, 0.2) is 0 Å². The van der Waals surface area contributed by atoms with Crippen molar-refractivity contribution in [1.29, 1.82) is 0 Å². The summed E-state index contributed by atoms with van der Waals surface area (Å²) in [6, 6.07) is 46.9. The quantitative estimate of drug-likeness (QED) is 0.197. The van der Waals surface area contributed by atoms with Gasteiger partial charge in [0.1, 0.15) is 0 Å². The Hall–Kier alpha value is -3.30. The molecule has 2 atom stereocenters. The zero-order chi connectivity index (χ0) is 25.3. The van der Waals surface area contributed by atoms with Crippen LogP contribution in [0.1, 0.15) is 11.1 Å². The molecule has 0 aliphatic carbocycles. The lowest BCUT2D eigenvalue weighted by Gasteiger charge is -2.10. The molecule has 0 saturated carbocycles. The van der Waals surface area contributed by atoms with E-state index in [2.05, 4.69) is 166 Å². The fourth-order valence-corrected chi connectivity index (χ4v) is 4.44. The van der Waals surface area contributed by atoms with Crippen molar-refractivity contribution < 1.29 is 0 Å². The van der Waals surface area contributed by atoms with Gasteiger partial charge >= 0.3 is 0 Å². The molecular weight excluding hydrogens is 470 g/mol. The van der Waals surface area contributed by atoms with Crippen LogP contribution >= 0.6 is 18.5 Å². The Balaban J connectivity index is 0.000000157. The summed E-state index contributed by atoms with van der Waals surface area (Å²) in [6.07, 6.45) is 0. The van der Waals surface area contributed by atoms with E-state index < -0.39 is 0 Å². The molecule has 0 radical (unpaired) electrons. The highest BCUT2D eigenvalue weighted by Gasteiger charge is 2.06. The molecule has 0 aliphatic heterocycles. The normalized spacial score (nSPS) is 10.2. The third-order valence-electron chi connectivity index (χ3n) is 6.02. The van der Waals surface area contributed by atoms with Crippen LogP contribution in [0.25, 0.3) is 32.7 Å². The van der Waals surface area contributed by atoms with Crippen LogP contribution in [0, 0.1) is 13.8 Å². The molecule has 0 saturated heterocycles. The maximum absolute atomic E-state index is 2.65. The standard InChI is InChI=1S/C20H14.2C7H9P/c1-3-11-17-15(7-1)9-5-13-19(17)20-14-6-10-16-8-2-4-12-18(16)20;2*1-6-2-4-7(8)5-3-6/h1-14H;2*2-5H,8H2,1H3. The predicted octanol–water partition coefficient (Wildman–Crippen LogP) is 8.65. The monoisotopic (exact) mass is 502 g/mol. The molecule has 0 aromatic heterocycles. The minimum atomic E-state index is 1.25. The summed E-state index contributed by atoms with van der Waals surface area (Å²) in [6.45, 7) is 4.17. The van der Waals surface area contributed by atoms with Crippen LogP contribution in [-0.4, -0.2) is 0 Å². The average molecular weight is 503 g/mol. The van der Waals surface area contributed by atoms with Crippen molar-refractivity contribution in [3.8, 4) is 11.1 Å². The molecule has 0 heterocycles. The van der Waals surface area contributed by atoms with Crippen LogP contribution in [0.2, 0.25) is 0 Å². The van der Waals surface area contributed by atoms with Gasteiger partial charge in [-0.1, -0.05) is 145 Å². The van der Waals surface area contributed by atoms with E-state index in [1.54, 1.807) is 0 Å². The number of benzene rings is 6. The number of rotatable bonds is 1. The molecule has 6 rings (SSSR count). The van der Waals surface area contributed by atoms with Crippen molar-refractivity contribution in [3.05, 3.63) is 145 Å². The first-order chi connectivity index (χ1) is 17.5. The van der Waals surface area contributed by atoms with Crippen LogP contribution < -0.4 is 10.6 Å². The second-order valence-electron chi connectivity index (χ2n) is 8.87. The summed E-state index contributed by atoms with van der Waals surface area (Å²) >= 11 is 0. The highest BCUT2D eigenvalue weighted by molar-refractivity contribution is 7.27.